The van der Waals surface area contributed by atoms with E-state index >= 15 is 0 Å². The first-order chi connectivity index (χ1) is 14.2. The molecule has 0 saturated carbocycles. The van der Waals surface area contributed by atoms with Gasteiger partial charge >= 0.3 is 0 Å². The van der Waals surface area contributed by atoms with Gasteiger partial charge in [0.05, 0.1) is 11.4 Å². The molecule has 1 atom stereocenters. The van der Waals surface area contributed by atoms with Gasteiger partial charge in [-0.2, -0.15) is 5.10 Å². The van der Waals surface area contributed by atoms with Crippen LogP contribution in [0, 0.1) is 0 Å². The summed E-state index contributed by atoms with van der Waals surface area (Å²) in [7, 11) is 0. The van der Waals surface area contributed by atoms with Gasteiger partial charge in [0, 0.05) is 16.8 Å². The molecule has 0 aliphatic rings. The number of thiophene rings is 1. The molecule has 0 aliphatic heterocycles. The Morgan fingerprint density at radius 2 is 1.76 bits per heavy atom. The van der Waals surface area contributed by atoms with Crippen LogP contribution in [0.25, 0.3) is 10.8 Å². The van der Waals surface area contributed by atoms with E-state index in [4.69, 9.17) is 0 Å². The molecule has 1 unspecified atom stereocenters. The molecule has 0 fully saturated rings. The Bertz CT molecular complexity index is 1180. The van der Waals surface area contributed by atoms with Crippen molar-refractivity contribution in [1.29, 1.82) is 0 Å². The highest BCUT2D eigenvalue weighted by atomic mass is 32.1. The van der Waals surface area contributed by atoms with E-state index in [0.29, 0.717) is 17.3 Å². The molecule has 0 spiro atoms. The summed E-state index contributed by atoms with van der Waals surface area (Å²) in [5.41, 5.74) is 1.09. The van der Waals surface area contributed by atoms with Gasteiger partial charge in [0.25, 0.3) is 11.5 Å². The molecule has 4 rings (SSSR count). The molecule has 1 N–H and O–H groups in total. The van der Waals surface area contributed by atoms with Gasteiger partial charge in [-0.15, -0.1) is 11.3 Å². The fourth-order valence-corrected chi connectivity index (χ4v) is 4.19. The Balaban J connectivity index is 1.78. The number of hydrogen-bond donors (Lipinski definition) is 1. The maximum atomic E-state index is 13.3. The lowest BCUT2D eigenvalue weighted by Gasteiger charge is -2.19. The van der Waals surface area contributed by atoms with Gasteiger partial charge in [0.15, 0.2) is 5.69 Å². The number of hydrogen-bond acceptors (Lipinski definition) is 4. The van der Waals surface area contributed by atoms with Gasteiger partial charge < -0.3 is 5.32 Å². The predicted octanol–water partition coefficient (Wildman–Crippen LogP) is 4.39. The van der Waals surface area contributed by atoms with Gasteiger partial charge in [0.1, 0.15) is 0 Å². The molecule has 2 aromatic carbocycles. The third-order valence-corrected chi connectivity index (χ3v) is 5.69. The number of aryl methyl sites for hydroxylation is 1. The highest BCUT2D eigenvalue weighted by Gasteiger charge is 2.22. The molecule has 5 nitrogen and oxygen atoms in total. The fraction of sp³-hybridized carbons (Fsp3) is 0.174. The molecular weight excluding hydrogens is 382 g/mol. The zero-order valence-corrected chi connectivity index (χ0v) is 16.9. The van der Waals surface area contributed by atoms with Crippen LogP contribution in [0.5, 0.6) is 0 Å². The molecule has 146 valence electrons. The normalized spacial score (nSPS) is 12.0. The zero-order chi connectivity index (χ0) is 20.2. The number of carbonyl (C=O) groups is 1. The van der Waals surface area contributed by atoms with Crippen LogP contribution in [0.2, 0.25) is 0 Å². The maximum Gasteiger partial charge on any atom is 0.274 e. The van der Waals surface area contributed by atoms with Crippen LogP contribution in [0.1, 0.15) is 40.3 Å². The number of nitrogens with zero attached hydrogens (tertiary/aromatic N) is 2. The summed E-state index contributed by atoms with van der Waals surface area (Å²) >= 11 is 1.59. The Labute approximate surface area is 172 Å². The number of benzene rings is 2. The van der Waals surface area contributed by atoms with Crippen LogP contribution < -0.4 is 10.9 Å². The van der Waals surface area contributed by atoms with Crippen LogP contribution in [0.15, 0.2) is 76.9 Å². The van der Waals surface area contributed by atoms with Crippen molar-refractivity contribution in [3.8, 4) is 0 Å². The molecule has 0 bridgehead atoms. The van der Waals surface area contributed by atoms with Gasteiger partial charge in [0.2, 0.25) is 0 Å². The van der Waals surface area contributed by atoms with E-state index in [2.05, 4.69) is 10.4 Å². The highest BCUT2D eigenvalue weighted by Crippen LogP contribution is 2.26. The largest absolute Gasteiger partial charge is 0.339 e. The van der Waals surface area contributed by atoms with Gasteiger partial charge in [-0.1, -0.05) is 61.5 Å². The van der Waals surface area contributed by atoms with Gasteiger partial charge in [-0.25, -0.2) is 4.68 Å². The van der Waals surface area contributed by atoms with Crippen LogP contribution in [-0.4, -0.2) is 15.7 Å². The minimum atomic E-state index is -0.298. The van der Waals surface area contributed by atoms with Crippen LogP contribution in [-0.2, 0) is 6.54 Å². The number of fused-ring (bicyclic) bond motifs is 1. The number of rotatable bonds is 6. The topological polar surface area (TPSA) is 64.0 Å². The number of nitrogens with one attached hydrogen (secondary N) is 1. The third-order valence-electron chi connectivity index (χ3n) is 4.75. The predicted molar refractivity (Wildman–Crippen MR) is 116 cm³/mol. The summed E-state index contributed by atoms with van der Waals surface area (Å²) < 4.78 is 1.39. The van der Waals surface area contributed by atoms with E-state index in [1.807, 2.05) is 60.8 Å². The molecular formula is C23H21N3O2S. The van der Waals surface area contributed by atoms with Crippen LogP contribution >= 0.6 is 11.3 Å². The second-order valence-electron chi connectivity index (χ2n) is 6.76. The van der Waals surface area contributed by atoms with Crippen molar-refractivity contribution in [2.75, 3.05) is 0 Å². The smallest absolute Gasteiger partial charge is 0.274 e. The monoisotopic (exact) mass is 403 g/mol. The van der Waals surface area contributed by atoms with Crippen molar-refractivity contribution >= 4 is 28.0 Å². The molecule has 0 radical (unpaired) electrons. The van der Waals surface area contributed by atoms with Crippen LogP contribution in [0.4, 0.5) is 0 Å². The summed E-state index contributed by atoms with van der Waals surface area (Å²) in [6.45, 7) is 2.45. The van der Waals surface area contributed by atoms with Crippen LogP contribution in [0.3, 0.4) is 0 Å². The lowest BCUT2D eigenvalue weighted by Crippen LogP contribution is -2.33. The Morgan fingerprint density at radius 1 is 1.03 bits per heavy atom. The van der Waals surface area contributed by atoms with E-state index in [0.717, 1.165) is 16.9 Å². The Hall–Kier alpha value is -3.25. The van der Waals surface area contributed by atoms with Crippen molar-refractivity contribution in [2.45, 2.75) is 25.9 Å². The molecule has 2 aromatic heterocycles. The molecule has 0 aliphatic carbocycles. The summed E-state index contributed by atoms with van der Waals surface area (Å²) in [4.78, 5) is 27.1. The van der Waals surface area contributed by atoms with Crippen molar-refractivity contribution in [2.24, 2.45) is 0 Å². The minimum absolute atomic E-state index is 0.170. The average molecular weight is 404 g/mol. The summed E-state index contributed by atoms with van der Waals surface area (Å²) in [5.74, 6) is -0.298. The molecule has 1 amide bonds. The number of amides is 1. The number of aromatic nitrogens is 2. The average Bonchev–Trinajstić information content (AvgIpc) is 3.29. The second kappa shape index (κ2) is 8.41. The highest BCUT2D eigenvalue weighted by molar-refractivity contribution is 7.10. The Morgan fingerprint density at radius 3 is 2.45 bits per heavy atom. The maximum absolute atomic E-state index is 13.3. The zero-order valence-electron chi connectivity index (χ0n) is 16.0. The van der Waals surface area contributed by atoms with E-state index in [-0.39, 0.29) is 23.2 Å². The molecule has 29 heavy (non-hydrogen) atoms. The second-order valence-corrected chi connectivity index (χ2v) is 7.73. The van der Waals surface area contributed by atoms with Crippen molar-refractivity contribution in [3.63, 3.8) is 0 Å². The summed E-state index contributed by atoms with van der Waals surface area (Å²) in [5, 5.41) is 10.6. The first-order valence-corrected chi connectivity index (χ1v) is 10.5. The van der Waals surface area contributed by atoms with E-state index < -0.39 is 0 Å². The third kappa shape index (κ3) is 3.84. The molecule has 2 heterocycles. The molecule has 6 heteroatoms. The van der Waals surface area contributed by atoms with Gasteiger partial charge in [-0.05, 0) is 29.5 Å². The summed E-state index contributed by atoms with van der Waals surface area (Å²) in [6.07, 6.45) is 0.758. The minimum Gasteiger partial charge on any atom is -0.339 e. The lowest BCUT2D eigenvalue weighted by molar-refractivity contribution is 0.0938. The number of carbonyl (C=O) groups excluding carboxylic acids is 1. The van der Waals surface area contributed by atoms with Crippen molar-refractivity contribution < 1.29 is 4.79 Å². The molecule has 4 aromatic rings. The SMILES string of the molecule is CCCn1nc(C(=O)NC(c2ccccc2)c2cccs2)c2ccccc2c1=O. The quantitative estimate of drug-likeness (QED) is 0.519. The Kier molecular flexibility index (Phi) is 5.53. The van der Waals surface area contributed by atoms with Crippen molar-refractivity contribution in [1.82, 2.24) is 15.1 Å². The first-order valence-electron chi connectivity index (χ1n) is 9.58. The molecule has 0 saturated heterocycles. The van der Waals surface area contributed by atoms with E-state index in [1.165, 1.54) is 4.68 Å². The standard InChI is InChI=1S/C23H21N3O2S/c1-2-14-26-23(28)18-12-7-6-11-17(18)21(25-26)22(27)24-20(19-13-8-15-29-19)16-9-4-3-5-10-16/h3-13,15,20H,2,14H2,1H3,(H,24,27). The van der Waals surface area contributed by atoms with Gasteiger partial charge in [-0.3, -0.25) is 9.59 Å². The summed E-state index contributed by atoms with van der Waals surface area (Å²) in [6, 6.07) is 20.7. The van der Waals surface area contributed by atoms with E-state index in [9.17, 15) is 9.59 Å². The lowest BCUT2D eigenvalue weighted by atomic mass is 10.0. The first kappa shape index (κ1) is 19.1. The fourth-order valence-electron chi connectivity index (χ4n) is 3.39. The van der Waals surface area contributed by atoms with E-state index in [1.54, 1.807) is 29.5 Å². The van der Waals surface area contributed by atoms with Crippen molar-refractivity contribution in [3.05, 3.63) is 98.6 Å².